The predicted octanol–water partition coefficient (Wildman–Crippen LogP) is 3.09. The van der Waals surface area contributed by atoms with Gasteiger partial charge in [-0.3, -0.25) is 4.72 Å². The van der Waals surface area contributed by atoms with Crippen LogP contribution in [0.2, 0.25) is 0 Å². The zero-order valence-electron chi connectivity index (χ0n) is 15.4. The zero-order chi connectivity index (χ0) is 20.3. The van der Waals surface area contributed by atoms with Gasteiger partial charge in [0.25, 0.3) is 10.0 Å². The molecular weight excluding hydrogens is 446 g/mol. The first-order valence-electron chi connectivity index (χ1n) is 8.85. The molecule has 0 atom stereocenters. The largest absolute Gasteiger partial charge is 0.478 e. The van der Waals surface area contributed by atoms with Crippen LogP contribution < -0.4 is 9.62 Å². The van der Waals surface area contributed by atoms with E-state index in [9.17, 15) is 18.3 Å². The highest BCUT2D eigenvalue weighted by atomic mass is 79.9. The van der Waals surface area contributed by atoms with E-state index in [2.05, 4.69) is 37.5 Å². The highest BCUT2D eigenvalue weighted by molar-refractivity contribution is 9.10. The van der Waals surface area contributed by atoms with Gasteiger partial charge in [0.1, 0.15) is 0 Å². The van der Waals surface area contributed by atoms with Crippen molar-refractivity contribution in [1.82, 2.24) is 4.90 Å². The van der Waals surface area contributed by atoms with Gasteiger partial charge in [-0.25, -0.2) is 13.2 Å². The Morgan fingerprint density at radius 1 is 1.07 bits per heavy atom. The Balaban J connectivity index is 1.89. The maximum Gasteiger partial charge on any atom is 0.337 e. The van der Waals surface area contributed by atoms with Crippen molar-refractivity contribution < 1.29 is 18.3 Å². The van der Waals surface area contributed by atoms with Crippen molar-refractivity contribution in [1.29, 1.82) is 0 Å². The van der Waals surface area contributed by atoms with Crippen molar-refractivity contribution in [2.24, 2.45) is 0 Å². The maximum atomic E-state index is 12.6. The Bertz CT molecular complexity index is 964. The fourth-order valence-corrected chi connectivity index (χ4v) is 4.46. The van der Waals surface area contributed by atoms with Crippen LogP contribution in [-0.2, 0) is 10.0 Å². The lowest BCUT2D eigenvalue weighted by atomic mass is 10.1. The van der Waals surface area contributed by atoms with Gasteiger partial charge in [-0.2, -0.15) is 0 Å². The van der Waals surface area contributed by atoms with Crippen molar-refractivity contribution in [2.45, 2.75) is 11.3 Å². The van der Waals surface area contributed by atoms with Gasteiger partial charge in [0.2, 0.25) is 0 Å². The van der Waals surface area contributed by atoms with Gasteiger partial charge in [-0.05, 0) is 62.5 Å². The van der Waals surface area contributed by atoms with Gasteiger partial charge in [-0.15, -0.1) is 0 Å². The second-order valence-electron chi connectivity index (χ2n) is 6.74. The number of halogens is 1. The summed E-state index contributed by atoms with van der Waals surface area (Å²) in [6.07, 6.45) is 0.983. The fourth-order valence-electron chi connectivity index (χ4n) is 3.12. The standard InChI is InChI=1S/C19H22BrN3O4S/c1-22-9-2-10-23(12-11-22)15-5-8-18(17(13-15)19(24)25)21-28(26,27)16-6-3-14(20)4-7-16/h3-8,13,21H,2,9-12H2,1H3,(H,24,25). The lowest BCUT2D eigenvalue weighted by Gasteiger charge is -2.24. The molecule has 1 aliphatic rings. The maximum absolute atomic E-state index is 12.6. The van der Waals surface area contributed by atoms with E-state index in [0.29, 0.717) is 0 Å². The third kappa shape index (κ3) is 4.84. The number of nitrogens with one attached hydrogen (secondary N) is 1. The number of likely N-dealkylation sites (N-methyl/N-ethyl adjacent to an activating group) is 1. The molecule has 1 fully saturated rings. The Morgan fingerprint density at radius 3 is 2.46 bits per heavy atom. The number of anilines is 2. The van der Waals surface area contributed by atoms with Gasteiger partial charge < -0.3 is 14.9 Å². The average molecular weight is 468 g/mol. The number of nitrogens with zero attached hydrogens (tertiary/aromatic N) is 2. The van der Waals surface area contributed by atoms with Crippen LogP contribution in [-0.4, -0.2) is 57.6 Å². The molecule has 7 nitrogen and oxygen atoms in total. The molecule has 1 saturated heterocycles. The molecule has 0 aliphatic carbocycles. The van der Waals surface area contributed by atoms with Crippen molar-refractivity contribution in [2.75, 3.05) is 42.8 Å². The minimum atomic E-state index is -3.89. The third-order valence-electron chi connectivity index (χ3n) is 4.69. The number of carbonyl (C=O) groups is 1. The van der Waals surface area contributed by atoms with E-state index in [0.717, 1.165) is 42.8 Å². The monoisotopic (exact) mass is 467 g/mol. The summed E-state index contributed by atoms with van der Waals surface area (Å²) in [4.78, 5) is 16.2. The molecule has 0 bridgehead atoms. The van der Waals surface area contributed by atoms with E-state index < -0.39 is 16.0 Å². The molecule has 0 amide bonds. The summed E-state index contributed by atoms with van der Waals surface area (Å²) in [6.45, 7) is 3.50. The molecule has 1 aliphatic heterocycles. The lowest BCUT2D eigenvalue weighted by Crippen LogP contribution is -2.29. The molecule has 2 aromatic carbocycles. The number of carboxylic acids is 1. The number of sulfonamides is 1. The van der Waals surface area contributed by atoms with Crippen LogP contribution in [0.15, 0.2) is 51.8 Å². The Morgan fingerprint density at radius 2 is 1.79 bits per heavy atom. The lowest BCUT2D eigenvalue weighted by molar-refractivity contribution is 0.0698. The minimum Gasteiger partial charge on any atom is -0.478 e. The third-order valence-corrected chi connectivity index (χ3v) is 6.60. The molecular formula is C19H22BrN3O4S. The molecule has 0 radical (unpaired) electrons. The van der Waals surface area contributed by atoms with Gasteiger partial charge in [0.05, 0.1) is 16.1 Å². The summed E-state index contributed by atoms with van der Waals surface area (Å²) >= 11 is 3.26. The molecule has 2 N–H and O–H groups in total. The molecule has 0 unspecified atom stereocenters. The van der Waals surface area contributed by atoms with E-state index in [1.54, 1.807) is 18.2 Å². The van der Waals surface area contributed by atoms with Crippen LogP contribution in [0.1, 0.15) is 16.8 Å². The van der Waals surface area contributed by atoms with Crippen LogP contribution >= 0.6 is 15.9 Å². The first kappa shape index (κ1) is 20.6. The van der Waals surface area contributed by atoms with Crippen molar-refractivity contribution >= 4 is 43.3 Å². The van der Waals surface area contributed by atoms with Gasteiger partial charge in [-0.1, -0.05) is 15.9 Å². The van der Waals surface area contributed by atoms with Gasteiger partial charge >= 0.3 is 5.97 Å². The number of rotatable bonds is 5. The predicted molar refractivity (Wildman–Crippen MR) is 113 cm³/mol. The Labute approximate surface area is 173 Å². The van der Waals surface area contributed by atoms with Crippen molar-refractivity contribution in [3.63, 3.8) is 0 Å². The van der Waals surface area contributed by atoms with E-state index in [1.807, 2.05) is 0 Å². The molecule has 1 heterocycles. The number of carboxylic acid groups (broad SMARTS) is 1. The fraction of sp³-hybridized carbons (Fsp3) is 0.316. The second-order valence-corrected chi connectivity index (χ2v) is 9.34. The van der Waals surface area contributed by atoms with Crippen molar-refractivity contribution in [3.8, 4) is 0 Å². The number of hydrogen-bond donors (Lipinski definition) is 2. The molecule has 2 aromatic rings. The van der Waals surface area contributed by atoms with Crippen LogP contribution in [0.5, 0.6) is 0 Å². The van der Waals surface area contributed by atoms with E-state index in [1.165, 1.54) is 24.3 Å². The first-order chi connectivity index (χ1) is 13.3. The normalized spacial score (nSPS) is 15.9. The number of benzene rings is 2. The molecule has 0 aromatic heterocycles. The topological polar surface area (TPSA) is 90.0 Å². The van der Waals surface area contributed by atoms with E-state index >= 15 is 0 Å². The summed E-state index contributed by atoms with van der Waals surface area (Å²) in [5.74, 6) is -1.18. The average Bonchev–Trinajstić information content (AvgIpc) is 2.86. The first-order valence-corrected chi connectivity index (χ1v) is 11.1. The minimum absolute atomic E-state index is 0.0473. The van der Waals surface area contributed by atoms with Crippen LogP contribution in [0.4, 0.5) is 11.4 Å². The van der Waals surface area contributed by atoms with Gasteiger partial charge in [0, 0.05) is 29.8 Å². The second kappa shape index (κ2) is 8.50. The molecule has 150 valence electrons. The highest BCUT2D eigenvalue weighted by Crippen LogP contribution is 2.27. The molecule has 0 saturated carbocycles. The van der Waals surface area contributed by atoms with Crippen LogP contribution in [0.25, 0.3) is 0 Å². The zero-order valence-corrected chi connectivity index (χ0v) is 17.8. The van der Waals surface area contributed by atoms with Crippen LogP contribution in [0.3, 0.4) is 0 Å². The Hall–Kier alpha value is -2.10. The summed E-state index contributed by atoms with van der Waals surface area (Å²) in [7, 11) is -1.83. The number of aromatic carboxylic acids is 1. The smallest absolute Gasteiger partial charge is 0.337 e. The molecule has 9 heteroatoms. The summed E-state index contributed by atoms with van der Waals surface area (Å²) in [5.41, 5.74) is 0.751. The SMILES string of the molecule is CN1CCCN(c2ccc(NS(=O)(=O)c3ccc(Br)cc3)c(C(=O)O)c2)CC1. The summed E-state index contributed by atoms with van der Waals surface area (Å²) in [5, 5.41) is 9.62. The number of hydrogen-bond acceptors (Lipinski definition) is 5. The van der Waals surface area contributed by atoms with Gasteiger partial charge in [0.15, 0.2) is 0 Å². The molecule has 0 spiro atoms. The van der Waals surface area contributed by atoms with E-state index in [4.69, 9.17) is 0 Å². The van der Waals surface area contributed by atoms with Crippen LogP contribution in [0, 0.1) is 0 Å². The highest BCUT2D eigenvalue weighted by Gasteiger charge is 2.21. The quantitative estimate of drug-likeness (QED) is 0.701. The van der Waals surface area contributed by atoms with E-state index in [-0.39, 0.29) is 16.1 Å². The Kier molecular flexibility index (Phi) is 6.26. The molecule has 3 rings (SSSR count). The summed E-state index contributed by atoms with van der Waals surface area (Å²) in [6, 6.07) is 11.0. The van der Waals surface area contributed by atoms with Crippen molar-refractivity contribution in [3.05, 3.63) is 52.5 Å². The summed E-state index contributed by atoms with van der Waals surface area (Å²) < 4.78 is 28.4. The molecule has 28 heavy (non-hydrogen) atoms.